The number of rotatable bonds is 3. The monoisotopic (exact) mass is 250 g/mol. The normalized spacial score (nSPS) is 19.3. The first kappa shape index (κ1) is 12.7. The van der Waals surface area contributed by atoms with Crippen molar-refractivity contribution in [2.24, 2.45) is 0 Å². The predicted octanol–water partition coefficient (Wildman–Crippen LogP) is 0.773. The van der Waals surface area contributed by atoms with Crippen LogP contribution >= 0.6 is 0 Å². The fourth-order valence-corrected chi connectivity index (χ4v) is 2.26. The number of ether oxygens (including phenoxy) is 2. The van der Waals surface area contributed by atoms with Crippen molar-refractivity contribution >= 4 is 5.91 Å². The molecular formula is C13H18N2O3. The Bertz CT molecular complexity index is 460. The number of hydrogen-bond donors (Lipinski definition) is 2. The van der Waals surface area contributed by atoms with Gasteiger partial charge in [-0.1, -0.05) is 0 Å². The van der Waals surface area contributed by atoms with E-state index in [1.165, 1.54) is 0 Å². The molecule has 5 nitrogen and oxygen atoms in total. The maximum Gasteiger partial charge on any atom is 0.241 e. The minimum atomic E-state index is -0.363. The molecule has 98 valence electrons. The van der Waals surface area contributed by atoms with Crippen molar-refractivity contribution in [2.45, 2.75) is 13.0 Å². The van der Waals surface area contributed by atoms with Gasteiger partial charge in [0.1, 0.15) is 17.5 Å². The minimum absolute atomic E-state index is 0.0240. The van der Waals surface area contributed by atoms with Gasteiger partial charge in [0.25, 0.3) is 0 Å². The summed E-state index contributed by atoms with van der Waals surface area (Å²) in [5.74, 6) is 1.43. The predicted molar refractivity (Wildman–Crippen MR) is 68.0 cm³/mol. The molecule has 1 fully saturated rings. The molecule has 1 aromatic carbocycles. The van der Waals surface area contributed by atoms with E-state index < -0.39 is 0 Å². The lowest BCUT2D eigenvalue weighted by atomic mass is 10.00. The highest BCUT2D eigenvalue weighted by molar-refractivity contribution is 5.85. The van der Waals surface area contributed by atoms with Gasteiger partial charge in [-0.15, -0.1) is 0 Å². The van der Waals surface area contributed by atoms with E-state index in [0.717, 1.165) is 23.4 Å². The van der Waals surface area contributed by atoms with Crippen molar-refractivity contribution < 1.29 is 14.3 Å². The Balaban J connectivity index is 2.43. The number of hydrogen-bond acceptors (Lipinski definition) is 4. The number of carbonyl (C=O) groups excluding carboxylic acids is 1. The first-order valence-corrected chi connectivity index (χ1v) is 5.91. The molecule has 1 aliphatic rings. The van der Waals surface area contributed by atoms with Crippen molar-refractivity contribution in [3.05, 3.63) is 23.3 Å². The van der Waals surface area contributed by atoms with Crippen LogP contribution in [-0.4, -0.2) is 33.2 Å². The molecule has 0 saturated carbocycles. The van der Waals surface area contributed by atoms with Crippen LogP contribution in [0.25, 0.3) is 0 Å². The summed E-state index contributed by atoms with van der Waals surface area (Å²) in [6.45, 7) is 3.33. The zero-order valence-electron chi connectivity index (χ0n) is 10.9. The summed E-state index contributed by atoms with van der Waals surface area (Å²) in [6, 6.07) is 3.36. The topological polar surface area (TPSA) is 59.6 Å². The van der Waals surface area contributed by atoms with Gasteiger partial charge in [-0.05, 0) is 19.1 Å². The van der Waals surface area contributed by atoms with Crippen molar-refractivity contribution in [1.29, 1.82) is 0 Å². The van der Waals surface area contributed by atoms with Gasteiger partial charge < -0.3 is 20.1 Å². The van der Waals surface area contributed by atoms with Gasteiger partial charge in [-0.25, -0.2) is 0 Å². The fraction of sp³-hybridized carbons (Fsp3) is 0.462. The summed E-state index contributed by atoms with van der Waals surface area (Å²) in [7, 11) is 3.22. The molecule has 0 aliphatic carbocycles. The number of piperazine rings is 1. The molecule has 1 unspecified atom stereocenters. The summed E-state index contributed by atoms with van der Waals surface area (Å²) in [5.41, 5.74) is 1.74. The van der Waals surface area contributed by atoms with Crippen LogP contribution in [0.5, 0.6) is 11.5 Å². The molecule has 1 atom stereocenters. The van der Waals surface area contributed by atoms with Crippen LogP contribution < -0.4 is 20.1 Å². The second-order valence-corrected chi connectivity index (χ2v) is 4.19. The number of amides is 1. The summed E-state index contributed by atoms with van der Waals surface area (Å²) >= 11 is 0. The lowest BCUT2D eigenvalue weighted by Crippen LogP contribution is -2.47. The molecule has 0 aromatic heterocycles. The highest BCUT2D eigenvalue weighted by Gasteiger charge is 2.27. The molecule has 0 bridgehead atoms. The lowest BCUT2D eigenvalue weighted by molar-refractivity contribution is -0.124. The highest BCUT2D eigenvalue weighted by Crippen LogP contribution is 2.35. The Morgan fingerprint density at radius 1 is 1.22 bits per heavy atom. The van der Waals surface area contributed by atoms with E-state index in [2.05, 4.69) is 10.6 Å². The van der Waals surface area contributed by atoms with E-state index in [9.17, 15) is 4.79 Å². The van der Waals surface area contributed by atoms with Gasteiger partial charge >= 0.3 is 0 Å². The van der Waals surface area contributed by atoms with Gasteiger partial charge in [0.05, 0.1) is 14.2 Å². The Labute approximate surface area is 106 Å². The van der Waals surface area contributed by atoms with Crippen LogP contribution in [0.3, 0.4) is 0 Å². The molecule has 2 N–H and O–H groups in total. The molecule has 2 rings (SSSR count). The molecule has 1 heterocycles. The van der Waals surface area contributed by atoms with Crippen LogP contribution in [-0.2, 0) is 4.79 Å². The smallest absolute Gasteiger partial charge is 0.241 e. The van der Waals surface area contributed by atoms with Crippen molar-refractivity contribution in [3.8, 4) is 11.5 Å². The van der Waals surface area contributed by atoms with E-state index in [1.54, 1.807) is 14.2 Å². The SMILES string of the molecule is COc1ccc(C2NCCNC2=O)c(OC)c1C. The van der Waals surface area contributed by atoms with Crippen molar-refractivity contribution in [3.63, 3.8) is 0 Å². The van der Waals surface area contributed by atoms with Crippen LogP contribution in [0.15, 0.2) is 12.1 Å². The lowest BCUT2D eigenvalue weighted by Gasteiger charge is -2.26. The summed E-state index contributed by atoms with van der Waals surface area (Å²) in [4.78, 5) is 11.9. The maximum atomic E-state index is 11.9. The molecule has 0 spiro atoms. The maximum absolute atomic E-state index is 11.9. The van der Waals surface area contributed by atoms with Crippen LogP contribution in [0.4, 0.5) is 0 Å². The summed E-state index contributed by atoms with van der Waals surface area (Å²) < 4.78 is 10.7. The first-order valence-electron chi connectivity index (χ1n) is 5.91. The van der Waals surface area contributed by atoms with Gasteiger partial charge in [0, 0.05) is 24.2 Å². The average molecular weight is 250 g/mol. The first-order chi connectivity index (χ1) is 8.69. The quantitative estimate of drug-likeness (QED) is 0.832. The highest BCUT2D eigenvalue weighted by atomic mass is 16.5. The van der Waals surface area contributed by atoms with Crippen LogP contribution in [0.2, 0.25) is 0 Å². The van der Waals surface area contributed by atoms with Gasteiger partial charge in [-0.2, -0.15) is 0 Å². The molecule has 0 radical (unpaired) electrons. The second kappa shape index (κ2) is 5.27. The Morgan fingerprint density at radius 2 is 2.00 bits per heavy atom. The molecule has 1 amide bonds. The second-order valence-electron chi connectivity index (χ2n) is 4.19. The van der Waals surface area contributed by atoms with Crippen molar-refractivity contribution in [1.82, 2.24) is 10.6 Å². The third-order valence-corrected chi connectivity index (χ3v) is 3.16. The largest absolute Gasteiger partial charge is 0.496 e. The summed E-state index contributed by atoms with van der Waals surface area (Å²) in [6.07, 6.45) is 0. The van der Waals surface area contributed by atoms with E-state index in [1.807, 2.05) is 19.1 Å². The summed E-state index contributed by atoms with van der Waals surface area (Å²) in [5, 5.41) is 6.03. The van der Waals surface area contributed by atoms with Crippen LogP contribution in [0.1, 0.15) is 17.2 Å². The molecule has 1 aromatic rings. The minimum Gasteiger partial charge on any atom is -0.496 e. The van der Waals surface area contributed by atoms with Gasteiger partial charge in [0.2, 0.25) is 5.91 Å². The number of nitrogens with one attached hydrogen (secondary N) is 2. The number of methoxy groups -OCH3 is 2. The Kier molecular flexibility index (Phi) is 3.72. The zero-order chi connectivity index (χ0) is 13.1. The van der Waals surface area contributed by atoms with Crippen molar-refractivity contribution in [2.75, 3.05) is 27.3 Å². The van der Waals surface area contributed by atoms with E-state index in [4.69, 9.17) is 9.47 Å². The van der Waals surface area contributed by atoms with Gasteiger partial charge in [-0.3, -0.25) is 4.79 Å². The van der Waals surface area contributed by atoms with E-state index in [0.29, 0.717) is 12.3 Å². The fourth-order valence-electron chi connectivity index (χ4n) is 2.26. The average Bonchev–Trinajstić information content (AvgIpc) is 2.39. The Morgan fingerprint density at radius 3 is 2.61 bits per heavy atom. The Hall–Kier alpha value is -1.75. The number of benzene rings is 1. The molecule has 5 heteroatoms. The van der Waals surface area contributed by atoms with Gasteiger partial charge in [0.15, 0.2) is 0 Å². The van der Waals surface area contributed by atoms with E-state index in [-0.39, 0.29) is 11.9 Å². The van der Waals surface area contributed by atoms with Crippen LogP contribution in [0, 0.1) is 6.92 Å². The van der Waals surface area contributed by atoms with E-state index >= 15 is 0 Å². The number of carbonyl (C=O) groups is 1. The molecule has 1 saturated heterocycles. The molecule has 1 aliphatic heterocycles. The molecular weight excluding hydrogens is 232 g/mol. The third kappa shape index (κ3) is 2.13. The zero-order valence-corrected chi connectivity index (χ0v) is 10.9. The third-order valence-electron chi connectivity index (χ3n) is 3.16. The standard InChI is InChI=1S/C13H18N2O3/c1-8-10(17-2)5-4-9(12(8)18-3)11-13(16)15-7-6-14-11/h4-5,11,14H,6-7H2,1-3H3,(H,15,16). The molecule has 18 heavy (non-hydrogen) atoms.